The van der Waals surface area contributed by atoms with Gasteiger partial charge < -0.3 is 5.32 Å². The topological polar surface area (TPSA) is 24.9 Å². The van der Waals surface area contributed by atoms with Gasteiger partial charge in [-0.2, -0.15) is 0 Å². The van der Waals surface area contributed by atoms with Crippen LogP contribution in [-0.2, 0) is 0 Å². The van der Waals surface area contributed by atoms with Crippen molar-refractivity contribution in [3.8, 4) is 0 Å². The maximum atomic E-state index is 4.31. The fraction of sp³-hybridized carbons (Fsp3) is 0.250. The molecule has 0 amide bonds. The molecule has 2 rings (SSSR count). The Morgan fingerprint density at radius 1 is 1.20 bits per heavy atom. The quantitative estimate of drug-likeness (QED) is 0.811. The Morgan fingerprint density at radius 2 is 1.87 bits per heavy atom. The van der Waals surface area contributed by atoms with E-state index in [1.54, 1.807) is 11.3 Å². The van der Waals surface area contributed by atoms with Gasteiger partial charge in [-0.25, -0.2) is 4.98 Å². The number of benzene rings is 1. The first-order valence-corrected chi connectivity index (χ1v) is 5.97. The number of aryl methyl sites for hydroxylation is 1. The first-order chi connectivity index (χ1) is 7.34. The molecule has 15 heavy (non-hydrogen) atoms. The number of para-hydroxylation sites is 1. The van der Waals surface area contributed by atoms with Gasteiger partial charge in [0.25, 0.3) is 0 Å². The third-order valence-corrected chi connectivity index (χ3v) is 2.52. The van der Waals surface area contributed by atoms with Crippen molar-refractivity contribution >= 4 is 22.2 Å². The van der Waals surface area contributed by atoms with Crippen LogP contribution in [0.2, 0.25) is 0 Å². The molecule has 0 aliphatic rings. The van der Waals surface area contributed by atoms with Crippen LogP contribution in [0.3, 0.4) is 0 Å². The van der Waals surface area contributed by atoms with Gasteiger partial charge in [0.05, 0.1) is 5.69 Å². The van der Waals surface area contributed by atoms with Crippen molar-refractivity contribution in [2.75, 3.05) is 5.32 Å². The lowest BCUT2D eigenvalue weighted by Crippen LogP contribution is -1.88. The molecule has 1 aromatic heterocycles. The summed E-state index contributed by atoms with van der Waals surface area (Å²) in [5, 5.41) is 6.21. The van der Waals surface area contributed by atoms with Gasteiger partial charge in [-0.15, -0.1) is 11.3 Å². The second-order valence-electron chi connectivity index (χ2n) is 2.79. The third-order valence-electron chi connectivity index (χ3n) is 1.64. The van der Waals surface area contributed by atoms with Crippen LogP contribution in [0.1, 0.15) is 21.0 Å². The first-order valence-electron chi connectivity index (χ1n) is 5.09. The van der Waals surface area contributed by atoms with Crippen molar-refractivity contribution in [2.45, 2.75) is 20.8 Å². The van der Waals surface area contributed by atoms with Crippen LogP contribution in [0.25, 0.3) is 0 Å². The molecular formula is C12H18N2S. The molecule has 1 heterocycles. The zero-order chi connectivity index (χ0) is 11.1. The van der Waals surface area contributed by atoms with Crippen molar-refractivity contribution in [1.82, 2.24) is 4.98 Å². The number of anilines is 2. The third kappa shape index (κ3) is 3.72. The highest BCUT2D eigenvalue weighted by molar-refractivity contribution is 7.13. The van der Waals surface area contributed by atoms with Crippen molar-refractivity contribution < 1.29 is 1.43 Å². The Hall–Kier alpha value is -1.35. The molecule has 2 nitrogen and oxygen atoms in total. The van der Waals surface area contributed by atoms with Gasteiger partial charge in [-0.05, 0) is 19.1 Å². The van der Waals surface area contributed by atoms with E-state index >= 15 is 0 Å². The number of aromatic nitrogens is 1. The van der Waals surface area contributed by atoms with Crippen molar-refractivity contribution in [1.29, 1.82) is 0 Å². The molecular weight excluding hydrogens is 204 g/mol. The highest BCUT2D eigenvalue weighted by Gasteiger charge is 1.97. The summed E-state index contributed by atoms with van der Waals surface area (Å²) in [4.78, 5) is 4.31. The fourth-order valence-electron chi connectivity index (χ4n) is 1.06. The summed E-state index contributed by atoms with van der Waals surface area (Å²) < 4.78 is 0. The van der Waals surface area contributed by atoms with Gasteiger partial charge in [-0.3, -0.25) is 0 Å². The summed E-state index contributed by atoms with van der Waals surface area (Å²) in [7, 11) is 0. The Bertz CT molecular complexity index is 387. The molecule has 0 saturated heterocycles. The molecule has 0 aliphatic heterocycles. The zero-order valence-electron chi connectivity index (χ0n) is 9.32. The van der Waals surface area contributed by atoms with Crippen LogP contribution in [-0.4, -0.2) is 4.98 Å². The lowest BCUT2D eigenvalue weighted by atomic mass is 10.3. The summed E-state index contributed by atoms with van der Waals surface area (Å²) in [5.41, 5.74) is 2.14. The Kier molecular flexibility index (Phi) is 4.84. The number of hydrogen-bond acceptors (Lipinski definition) is 3. The molecule has 0 spiro atoms. The van der Waals surface area contributed by atoms with Crippen LogP contribution < -0.4 is 5.32 Å². The molecule has 0 saturated carbocycles. The smallest absolute Gasteiger partial charge is 0.187 e. The van der Waals surface area contributed by atoms with E-state index in [1.807, 2.05) is 56.5 Å². The van der Waals surface area contributed by atoms with E-state index in [2.05, 4.69) is 10.3 Å². The predicted molar refractivity (Wildman–Crippen MR) is 70.0 cm³/mol. The van der Waals surface area contributed by atoms with Crippen LogP contribution in [0, 0.1) is 6.92 Å². The summed E-state index contributed by atoms with van der Waals surface area (Å²) in [6.45, 7) is 5.99. The minimum absolute atomic E-state index is 0. The number of nitrogens with one attached hydrogen (secondary N) is 1. The average molecular weight is 222 g/mol. The summed E-state index contributed by atoms with van der Waals surface area (Å²) in [6, 6.07) is 10.1. The fourth-order valence-corrected chi connectivity index (χ4v) is 1.76. The molecule has 2 aromatic rings. The van der Waals surface area contributed by atoms with Crippen molar-refractivity contribution in [2.24, 2.45) is 0 Å². The SMILES string of the molecule is CC.Cc1csc(Nc2ccccc2)n1.[HH]. The number of hydrogen-bond donors (Lipinski definition) is 1. The second-order valence-corrected chi connectivity index (χ2v) is 3.64. The Labute approximate surface area is 96.5 Å². The standard InChI is InChI=1S/C10H10N2S.C2H6.H2/c1-8-7-13-10(11-8)12-9-5-3-2-4-6-9;1-2;/h2-7H,1H3,(H,11,12);1-2H3;1H. The van der Waals surface area contributed by atoms with Gasteiger partial charge in [0.15, 0.2) is 5.13 Å². The van der Waals surface area contributed by atoms with Gasteiger partial charge in [0.1, 0.15) is 0 Å². The van der Waals surface area contributed by atoms with E-state index in [0.717, 1.165) is 16.5 Å². The summed E-state index contributed by atoms with van der Waals surface area (Å²) >= 11 is 1.62. The van der Waals surface area contributed by atoms with Gasteiger partial charge >= 0.3 is 0 Å². The van der Waals surface area contributed by atoms with E-state index in [9.17, 15) is 0 Å². The van der Waals surface area contributed by atoms with Gasteiger partial charge in [-0.1, -0.05) is 32.0 Å². The molecule has 1 aromatic carbocycles. The van der Waals surface area contributed by atoms with Gasteiger partial charge in [0, 0.05) is 12.5 Å². The van der Waals surface area contributed by atoms with E-state index in [0.29, 0.717) is 0 Å². The minimum Gasteiger partial charge on any atom is -0.332 e. The molecule has 0 fully saturated rings. The van der Waals surface area contributed by atoms with Crippen molar-refractivity contribution in [3.05, 3.63) is 41.4 Å². The molecule has 0 unspecified atom stereocenters. The maximum Gasteiger partial charge on any atom is 0.187 e. The first kappa shape index (κ1) is 11.7. The Morgan fingerprint density at radius 3 is 2.40 bits per heavy atom. The van der Waals surface area contributed by atoms with E-state index in [4.69, 9.17) is 0 Å². The van der Waals surface area contributed by atoms with E-state index in [-0.39, 0.29) is 1.43 Å². The minimum atomic E-state index is 0. The van der Waals surface area contributed by atoms with Crippen LogP contribution in [0.5, 0.6) is 0 Å². The monoisotopic (exact) mass is 222 g/mol. The number of nitrogens with zero attached hydrogens (tertiary/aromatic N) is 1. The lowest BCUT2D eigenvalue weighted by Gasteiger charge is -1.99. The molecule has 0 aliphatic carbocycles. The summed E-state index contributed by atoms with van der Waals surface area (Å²) in [6.07, 6.45) is 0. The van der Waals surface area contributed by atoms with Gasteiger partial charge in [0.2, 0.25) is 0 Å². The molecule has 0 radical (unpaired) electrons. The lowest BCUT2D eigenvalue weighted by molar-refractivity contribution is 1.26. The molecule has 0 atom stereocenters. The van der Waals surface area contributed by atoms with Crippen LogP contribution in [0.4, 0.5) is 10.8 Å². The van der Waals surface area contributed by atoms with Crippen LogP contribution in [0.15, 0.2) is 35.7 Å². The number of rotatable bonds is 2. The molecule has 3 heteroatoms. The largest absolute Gasteiger partial charge is 0.332 e. The highest BCUT2D eigenvalue weighted by Crippen LogP contribution is 2.19. The van der Waals surface area contributed by atoms with Crippen molar-refractivity contribution in [3.63, 3.8) is 0 Å². The normalized spacial score (nSPS) is 9.00. The molecule has 1 N–H and O–H groups in total. The summed E-state index contributed by atoms with van der Waals surface area (Å²) in [5.74, 6) is 0. The Balaban J connectivity index is 0.000000711. The second kappa shape index (κ2) is 6.19. The van der Waals surface area contributed by atoms with E-state index in [1.165, 1.54) is 0 Å². The molecule has 82 valence electrons. The average Bonchev–Trinajstić information content (AvgIpc) is 2.68. The predicted octanol–water partition coefficient (Wildman–Crippen LogP) is 4.47. The van der Waals surface area contributed by atoms with E-state index < -0.39 is 0 Å². The maximum absolute atomic E-state index is 4.31. The number of thiazole rings is 1. The zero-order valence-corrected chi connectivity index (χ0v) is 10.1. The molecule has 0 bridgehead atoms. The highest BCUT2D eigenvalue weighted by atomic mass is 32.1. The van der Waals surface area contributed by atoms with Crippen LogP contribution >= 0.6 is 11.3 Å².